The van der Waals surface area contributed by atoms with E-state index in [1.807, 2.05) is 0 Å². The van der Waals surface area contributed by atoms with Crippen LogP contribution < -0.4 is 10.6 Å². The van der Waals surface area contributed by atoms with E-state index >= 15 is 0 Å². The van der Waals surface area contributed by atoms with Crippen LogP contribution in [-0.2, 0) is 4.74 Å². The molecule has 0 aromatic heterocycles. The molecule has 2 aliphatic heterocycles. The van der Waals surface area contributed by atoms with Crippen molar-refractivity contribution in [3.05, 3.63) is 0 Å². The summed E-state index contributed by atoms with van der Waals surface area (Å²) in [5, 5.41) is 7.74. The fourth-order valence-corrected chi connectivity index (χ4v) is 5.37. The fraction of sp³-hybridized carbons (Fsp3) is 1.00. The monoisotopic (exact) mass is 343 g/mol. The summed E-state index contributed by atoms with van der Waals surface area (Å²) in [6, 6.07) is 2.93. The second-order valence-electron chi connectivity index (χ2n) is 7.92. The molecule has 0 aromatic rings. The lowest BCUT2D eigenvalue weighted by Crippen LogP contribution is -2.52. The molecular formula is C18H34ClN3O. The molecule has 4 unspecified atom stereocenters. The molecule has 4 nitrogen and oxygen atoms in total. The van der Waals surface area contributed by atoms with Gasteiger partial charge in [0.05, 0.1) is 13.2 Å². The Kier molecular flexibility index (Phi) is 6.62. The van der Waals surface area contributed by atoms with Gasteiger partial charge < -0.3 is 15.4 Å². The number of nitrogens with zero attached hydrogens (tertiary/aromatic N) is 1. The zero-order valence-corrected chi connectivity index (χ0v) is 15.2. The molecule has 0 bridgehead atoms. The summed E-state index contributed by atoms with van der Waals surface area (Å²) in [7, 11) is 0. The van der Waals surface area contributed by atoms with E-state index in [0.717, 1.165) is 37.8 Å². The van der Waals surface area contributed by atoms with Gasteiger partial charge in [-0.1, -0.05) is 19.3 Å². The molecule has 4 atom stereocenters. The van der Waals surface area contributed by atoms with Crippen LogP contribution in [-0.4, -0.2) is 61.9 Å². The standard InChI is InChI=1S/C18H33N3O.ClH/c1-2-5-15(4-1)21-10-8-14(12-21)20-17-7-3-6-16(17)18-13-22-11-9-19-18;/h14-20H,1-13H2;1H. The van der Waals surface area contributed by atoms with Crippen LogP contribution in [0.15, 0.2) is 0 Å². The van der Waals surface area contributed by atoms with Crippen LogP contribution in [0.4, 0.5) is 0 Å². The first-order chi connectivity index (χ1) is 10.9. The van der Waals surface area contributed by atoms with Crippen LogP contribution in [0.2, 0.25) is 0 Å². The third-order valence-electron chi connectivity index (χ3n) is 6.55. The number of nitrogens with one attached hydrogen (secondary N) is 2. The molecule has 2 heterocycles. The van der Waals surface area contributed by atoms with Crippen molar-refractivity contribution in [1.29, 1.82) is 0 Å². The number of morpholine rings is 1. The van der Waals surface area contributed by atoms with Gasteiger partial charge in [-0.2, -0.15) is 0 Å². The molecule has 5 heteroatoms. The number of hydrogen-bond donors (Lipinski definition) is 2. The second-order valence-corrected chi connectivity index (χ2v) is 7.92. The van der Waals surface area contributed by atoms with Crippen molar-refractivity contribution in [1.82, 2.24) is 15.5 Å². The Bertz CT molecular complexity index is 358. The van der Waals surface area contributed by atoms with E-state index in [2.05, 4.69) is 15.5 Å². The summed E-state index contributed by atoms with van der Waals surface area (Å²) < 4.78 is 5.70. The maximum absolute atomic E-state index is 5.70. The van der Waals surface area contributed by atoms with Crippen LogP contribution in [0.25, 0.3) is 0 Å². The summed E-state index contributed by atoms with van der Waals surface area (Å²) in [5.41, 5.74) is 0. The van der Waals surface area contributed by atoms with Gasteiger partial charge in [0.1, 0.15) is 0 Å². The highest BCUT2D eigenvalue weighted by atomic mass is 35.5. The lowest BCUT2D eigenvalue weighted by atomic mass is 9.93. The molecule has 4 aliphatic rings. The zero-order chi connectivity index (χ0) is 14.8. The lowest BCUT2D eigenvalue weighted by molar-refractivity contribution is 0.0517. The molecule has 0 spiro atoms. The minimum Gasteiger partial charge on any atom is -0.379 e. The van der Waals surface area contributed by atoms with Crippen molar-refractivity contribution in [2.24, 2.45) is 5.92 Å². The largest absolute Gasteiger partial charge is 0.379 e. The van der Waals surface area contributed by atoms with Crippen molar-refractivity contribution in [2.75, 3.05) is 32.8 Å². The molecular weight excluding hydrogens is 310 g/mol. The van der Waals surface area contributed by atoms with Gasteiger partial charge in [-0.3, -0.25) is 4.90 Å². The van der Waals surface area contributed by atoms with Gasteiger partial charge in [-0.15, -0.1) is 12.4 Å². The number of rotatable bonds is 4. The van der Waals surface area contributed by atoms with Gasteiger partial charge in [0.15, 0.2) is 0 Å². The third kappa shape index (κ3) is 4.21. The number of halogens is 1. The highest BCUT2D eigenvalue weighted by Crippen LogP contribution is 2.31. The fourth-order valence-electron chi connectivity index (χ4n) is 5.37. The molecule has 0 aromatic carbocycles. The Morgan fingerprint density at radius 3 is 2.65 bits per heavy atom. The van der Waals surface area contributed by atoms with Crippen molar-refractivity contribution < 1.29 is 4.74 Å². The predicted octanol–water partition coefficient (Wildman–Crippen LogP) is 2.17. The Hall–Kier alpha value is 0.130. The molecule has 2 saturated heterocycles. The predicted molar refractivity (Wildman–Crippen MR) is 96.4 cm³/mol. The zero-order valence-electron chi connectivity index (χ0n) is 14.3. The Morgan fingerprint density at radius 1 is 1.00 bits per heavy atom. The maximum atomic E-state index is 5.70. The lowest BCUT2D eigenvalue weighted by Gasteiger charge is -2.34. The van der Waals surface area contributed by atoms with Gasteiger partial charge in [0, 0.05) is 43.8 Å². The van der Waals surface area contributed by atoms with E-state index in [1.165, 1.54) is 64.5 Å². The summed E-state index contributed by atoms with van der Waals surface area (Å²) in [6.45, 7) is 5.46. The molecule has 4 fully saturated rings. The van der Waals surface area contributed by atoms with E-state index < -0.39 is 0 Å². The molecule has 2 saturated carbocycles. The van der Waals surface area contributed by atoms with E-state index in [-0.39, 0.29) is 12.4 Å². The average Bonchev–Trinajstić information content (AvgIpc) is 3.30. The molecule has 2 N–H and O–H groups in total. The second kappa shape index (κ2) is 8.48. The highest BCUT2D eigenvalue weighted by Gasteiger charge is 2.37. The van der Waals surface area contributed by atoms with Crippen molar-refractivity contribution >= 4 is 12.4 Å². The topological polar surface area (TPSA) is 36.5 Å². The first-order valence-electron chi connectivity index (χ1n) is 9.71. The van der Waals surface area contributed by atoms with Crippen molar-refractivity contribution in [2.45, 2.75) is 75.5 Å². The first-order valence-corrected chi connectivity index (χ1v) is 9.71. The Labute approximate surface area is 147 Å². The van der Waals surface area contributed by atoms with Gasteiger partial charge in [0.25, 0.3) is 0 Å². The molecule has 0 amide bonds. The van der Waals surface area contributed by atoms with Crippen LogP contribution in [0.5, 0.6) is 0 Å². The van der Waals surface area contributed by atoms with Crippen molar-refractivity contribution in [3.63, 3.8) is 0 Å². The SMILES string of the molecule is C1CC(NC2CCN(C3CCCC3)C2)C(C2COCCN2)C1.Cl. The normalized spacial score (nSPS) is 39.7. The van der Waals surface area contributed by atoms with Crippen LogP contribution in [0.3, 0.4) is 0 Å². The molecule has 0 radical (unpaired) electrons. The summed E-state index contributed by atoms with van der Waals surface area (Å²) in [6.07, 6.45) is 11.3. The quantitative estimate of drug-likeness (QED) is 0.820. The molecule has 4 rings (SSSR count). The smallest absolute Gasteiger partial charge is 0.0623 e. The Balaban J connectivity index is 0.00000156. The van der Waals surface area contributed by atoms with E-state index in [9.17, 15) is 0 Å². The highest BCUT2D eigenvalue weighted by molar-refractivity contribution is 5.85. The number of ether oxygens (including phenoxy) is 1. The van der Waals surface area contributed by atoms with Gasteiger partial charge >= 0.3 is 0 Å². The number of hydrogen-bond acceptors (Lipinski definition) is 4. The summed E-state index contributed by atoms with van der Waals surface area (Å²) in [4.78, 5) is 2.77. The minimum atomic E-state index is 0. The van der Waals surface area contributed by atoms with E-state index in [1.54, 1.807) is 0 Å². The third-order valence-corrected chi connectivity index (χ3v) is 6.55. The minimum absolute atomic E-state index is 0. The van der Waals surface area contributed by atoms with Crippen LogP contribution in [0.1, 0.15) is 51.4 Å². The van der Waals surface area contributed by atoms with E-state index in [4.69, 9.17) is 4.74 Å². The van der Waals surface area contributed by atoms with Crippen LogP contribution in [0, 0.1) is 5.92 Å². The first kappa shape index (κ1) is 17.9. The van der Waals surface area contributed by atoms with Gasteiger partial charge in [0.2, 0.25) is 0 Å². The van der Waals surface area contributed by atoms with Gasteiger partial charge in [-0.05, 0) is 38.0 Å². The van der Waals surface area contributed by atoms with Gasteiger partial charge in [-0.25, -0.2) is 0 Å². The summed E-state index contributed by atoms with van der Waals surface area (Å²) >= 11 is 0. The van der Waals surface area contributed by atoms with Crippen LogP contribution >= 0.6 is 12.4 Å². The number of likely N-dealkylation sites (tertiary alicyclic amines) is 1. The maximum Gasteiger partial charge on any atom is 0.0623 e. The molecule has 134 valence electrons. The summed E-state index contributed by atoms with van der Waals surface area (Å²) in [5.74, 6) is 0.779. The van der Waals surface area contributed by atoms with Crippen molar-refractivity contribution in [3.8, 4) is 0 Å². The average molecular weight is 344 g/mol. The molecule has 23 heavy (non-hydrogen) atoms. The van der Waals surface area contributed by atoms with E-state index in [0.29, 0.717) is 12.1 Å². The molecule has 2 aliphatic carbocycles. The Morgan fingerprint density at radius 2 is 1.87 bits per heavy atom.